The molecule has 2 N–H and O–H groups in total. The van der Waals surface area contributed by atoms with Crippen LogP contribution in [0.2, 0.25) is 0 Å². The Morgan fingerprint density at radius 3 is 2.39 bits per heavy atom. The molecule has 1 aliphatic rings. The molecule has 1 unspecified atom stereocenters. The van der Waals surface area contributed by atoms with Gasteiger partial charge in [0.25, 0.3) is 0 Å². The van der Waals surface area contributed by atoms with Crippen molar-refractivity contribution in [2.24, 2.45) is 5.73 Å². The van der Waals surface area contributed by atoms with Gasteiger partial charge in [-0.25, -0.2) is 9.59 Å². The van der Waals surface area contributed by atoms with Crippen molar-refractivity contribution in [3.8, 4) is 5.75 Å². The average Bonchev–Trinajstić information content (AvgIpc) is 3.02. The Morgan fingerprint density at radius 1 is 1.11 bits per heavy atom. The van der Waals surface area contributed by atoms with E-state index < -0.39 is 30.2 Å². The lowest BCUT2D eigenvalue weighted by Crippen LogP contribution is -2.42. The fourth-order valence-corrected chi connectivity index (χ4v) is 2.91. The number of amides is 2. The summed E-state index contributed by atoms with van der Waals surface area (Å²) in [4.78, 5) is 37.6. The number of nitrogens with two attached hydrogens (primary N) is 1. The lowest BCUT2D eigenvalue weighted by atomic mass is 10.1. The number of ether oxygens (including phenoxy) is 3. The van der Waals surface area contributed by atoms with Crippen molar-refractivity contribution in [3.05, 3.63) is 65.7 Å². The molecule has 0 aromatic heterocycles. The zero-order valence-electron chi connectivity index (χ0n) is 15.2. The molecule has 1 aliphatic heterocycles. The van der Waals surface area contributed by atoms with Gasteiger partial charge in [0, 0.05) is 5.56 Å². The second kappa shape index (κ2) is 8.43. The summed E-state index contributed by atoms with van der Waals surface area (Å²) in [5.41, 5.74) is 6.57. The van der Waals surface area contributed by atoms with Crippen molar-refractivity contribution in [1.29, 1.82) is 0 Å². The first-order valence-electron chi connectivity index (χ1n) is 8.61. The highest BCUT2D eigenvalue weighted by atomic mass is 16.6. The van der Waals surface area contributed by atoms with Crippen LogP contribution in [0.1, 0.15) is 23.8 Å². The molecule has 28 heavy (non-hydrogen) atoms. The molecule has 0 spiro atoms. The molecule has 0 bridgehead atoms. The van der Waals surface area contributed by atoms with Gasteiger partial charge in [0.2, 0.25) is 12.1 Å². The van der Waals surface area contributed by atoms with Crippen LogP contribution in [-0.2, 0) is 25.7 Å². The normalized spacial score (nSPS) is 18.5. The van der Waals surface area contributed by atoms with Gasteiger partial charge in [0.1, 0.15) is 18.4 Å². The van der Waals surface area contributed by atoms with E-state index in [4.69, 9.17) is 19.9 Å². The smallest absolute Gasteiger partial charge is 0.414 e. The molecule has 0 aliphatic carbocycles. The third-order valence-corrected chi connectivity index (χ3v) is 4.30. The molecule has 2 atom stereocenters. The van der Waals surface area contributed by atoms with Gasteiger partial charge in [-0.2, -0.15) is 0 Å². The first-order valence-corrected chi connectivity index (χ1v) is 8.61. The summed E-state index contributed by atoms with van der Waals surface area (Å²) in [7, 11) is 1.53. The maximum absolute atomic E-state index is 12.8. The van der Waals surface area contributed by atoms with Gasteiger partial charge >= 0.3 is 12.1 Å². The van der Waals surface area contributed by atoms with Crippen LogP contribution < -0.4 is 10.5 Å². The molecule has 1 heterocycles. The third-order valence-electron chi connectivity index (χ3n) is 4.30. The Hall–Kier alpha value is -3.55. The highest BCUT2D eigenvalue weighted by Crippen LogP contribution is 2.34. The fraction of sp³-hybridized carbons (Fsp3) is 0.250. The summed E-state index contributed by atoms with van der Waals surface area (Å²) in [6, 6.07) is 14.6. The molecule has 146 valence electrons. The molecule has 2 amide bonds. The van der Waals surface area contributed by atoms with E-state index >= 15 is 0 Å². The lowest BCUT2D eigenvalue weighted by molar-refractivity contribution is -0.143. The highest BCUT2D eigenvalue weighted by molar-refractivity contribution is 5.89. The van der Waals surface area contributed by atoms with Gasteiger partial charge in [-0.1, -0.05) is 30.3 Å². The zero-order valence-corrected chi connectivity index (χ0v) is 15.2. The molecule has 1 saturated heterocycles. The number of benzene rings is 2. The second-order valence-electron chi connectivity index (χ2n) is 6.20. The van der Waals surface area contributed by atoms with Crippen molar-refractivity contribution in [2.45, 2.75) is 25.3 Å². The molecular weight excluding hydrogens is 364 g/mol. The standard InChI is InChI=1S/C20H20N2O6/c1-26-15-9-7-14(8-10-15)18-22(16(11-17(21)23)19(24)28-18)20(25)27-12-13-5-3-2-4-6-13/h2-10,16,18H,11-12H2,1H3,(H2,21,23)/t16-,18?/m0/s1. The van der Waals surface area contributed by atoms with Gasteiger partial charge in [-0.15, -0.1) is 0 Å². The van der Waals surface area contributed by atoms with Crippen LogP contribution in [-0.4, -0.2) is 36.0 Å². The maximum atomic E-state index is 12.8. The van der Waals surface area contributed by atoms with Crippen LogP contribution in [0, 0.1) is 0 Å². The molecule has 0 radical (unpaired) electrons. The molecule has 1 fully saturated rings. The minimum Gasteiger partial charge on any atom is -0.497 e. The number of carbonyl (C=O) groups excluding carboxylic acids is 3. The average molecular weight is 384 g/mol. The predicted molar refractivity (Wildman–Crippen MR) is 97.9 cm³/mol. The van der Waals surface area contributed by atoms with Crippen LogP contribution in [0.15, 0.2) is 54.6 Å². The van der Waals surface area contributed by atoms with Crippen LogP contribution in [0.3, 0.4) is 0 Å². The van der Waals surface area contributed by atoms with E-state index in [1.165, 1.54) is 7.11 Å². The topological polar surface area (TPSA) is 108 Å². The SMILES string of the molecule is COc1ccc(C2OC(=O)[C@H](CC(N)=O)N2C(=O)OCc2ccccc2)cc1. The maximum Gasteiger partial charge on any atom is 0.414 e. The number of esters is 1. The summed E-state index contributed by atoms with van der Waals surface area (Å²) in [5.74, 6) is -0.825. The van der Waals surface area contributed by atoms with E-state index in [1.54, 1.807) is 36.4 Å². The molecule has 8 heteroatoms. The minimum atomic E-state index is -1.15. The third kappa shape index (κ3) is 4.22. The second-order valence-corrected chi connectivity index (χ2v) is 6.20. The van der Waals surface area contributed by atoms with E-state index in [0.717, 1.165) is 10.5 Å². The molecule has 2 aromatic rings. The predicted octanol–water partition coefficient (Wildman–Crippen LogP) is 2.13. The zero-order chi connectivity index (χ0) is 20.1. The van der Waals surface area contributed by atoms with Crippen LogP contribution >= 0.6 is 0 Å². The van der Waals surface area contributed by atoms with Gasteiger partial charge in [0.15, 0.2) is 0 Å². The highest BCUT2D eigenvalue weighted by Gasteiger charge is 2.47. The van der Waals surface area contributed by atoms with E-state index in [2.05, 4.69) is 0 Å². The van der Waals surface area contributed by atoms with Crippen LogP contribution in [0.4, 0.5) is 4.79 Å². The van der Waals surface area contributed by atoms with Gasteiger partial charge < -0.3 is 19.9 Å². The quantitative estimate of drug-likeness (QED) is 0.765. The summed E-state index contributed by atoms with van der Waals surface area (Å²) in [5, 5.41) is 0. The first-order chi connectivity index (χ1) is 13.5. The van der Waals surface area contributed by atoms with Crippen molar-refractivity contribution >= 4 is 18.0 Å². The molecule has 8 nitrogen and oxygen atoms in total. The number of hydrogen-bond donors (Lipinski definition) is 1. The van der Waals surface area contributed by atoms with E-state index in [-0.39, 0.29) is 13.0 Å². The van der Waals surface area contributed by atoms with Crippen molar-refractivity contribution in [3.63, 3.8) is 0 Å². The van der Waals surface area contributed by atoms with Crippen LogP contribution in [0.5, 0.6) is 5.75 Å². The largest absolute Gasteiger partial charge is 0.497 e. The lowest BCUT2D eigenvalue weighted by Gasteiger charge is -2.25. The number of carbonyl (C=O) groups is 3. The Labute approximate surface area is 161 Å². The van der Waals surface area contributed by atoms with Gasteiger partial charge in [-0.3, -0.25) is 9.69 Å². The molecule has 0 saturated carbocycles. The summed E-state index contributed by atoms with van der Waals surface area (Å²) >= 11 is 0. The minimum absolute atomic E-state index is 0.0169. The Morgan fingerprint density at radius 2 is 1.79 bits per heavy atom. The monoisotopic (exact) mass is 384 g/mol. The van der Waals surface area contributed by atoms with E-state index in [9.17, 15) is 14.4 Å². The summed E-state index contributed by atoms with van der Waals surface area (Å²) in [6.07, 6.45) is -2.15. The van der Waals surface area contributed by atoms with Crippen LogP contribution in [0.25, 0.3) is 0 Å². The first kappa shape index (κ1) is 19.2. The number of hydrogen-bond acceptors (Lipinski definition) is 6. The van der Waals surface area contributed by atoms with Crippen molar-refractivity contribution < 1.29 is 28.6 Å². The number of nitrogens with zero attached hydrogens (tertiary/aromatic N) is 1. The molecule has 3 rings (SSSR count). The van der Waals surface area contributed by atoms with Gasteiger partial charge in [0.05, 0.1) is 13.5 Å². The molecule has 2 aromatic carbocycles. The number of rotatable bonds is 6. The van der Waals surface area contributed by atoms with E-state index in [1.807, 2.05) is 18.2 Å². The van der Waals surface area contributed by atoms with Crippen molar-refractivity contribution in [1.82, 2.24) is 4.90 Å². The summed E-state index contributed by atoms with van der Waals surface area (Å²) in [6.45, 7) is 0.0169. The number of methoxy groups -OCH3 is 1. The van der Waals surface area contributed by atoms with Crippen molar-refractivity contribution in [2.75, 3.05) is 7.11 Å². The number of cyclic esters (lactones) is 1. The summed E-state index contributed by atoms with van der Waals surface area (Å²) < 4.78 is 15.8. The van der Waals surface area contributed by atoms with E-state index in [0.29, 0.717) is 11.3 Å². The Bertz CT molecular complexity index is 853. The van der Waals surface area contributed by atoms with Gasteiger partial charge in [-0.05, 0) is 29.8 Å². The number of primary amides is 1. The Kier molecular flexibility index (Phi) is 5.78. The fourth-order valence-electron chi connectivity index (χ4n) is 2.91. The molecular formula is C20H20N2O6. The Balaban J connectivity index is 1.83.